The fraction of sp³-hybridized carbons (Fsp3) is 0.571. The van der Waals surface area contributed by atoms with Gasteiger partial charge in [-0.25, -0.2) is 4.39 Å². The SMILES string of the molecule is CCOC(=O)CN1CCN(CC=C2CN(C(C(=O)C3CC3)c3ccccc3F)CCC2SC(C)=O)CC1=O. The summed E-state index contributed by atoms with van der Waals surface area (Å²) in [5, 5.41) is -0.00123. The zero-order valence-corrected chi connectivity index (χ0v) is 22.9. The lowest BCUT2D eigenvalue weighted by atomic mass is 9.93. The average molecular weight is 546 g/mol. The predicted molar refractivity (Wildman–Crippen MR) is 143 cm³/mol. The number of likely N-dealkylation sites (tertiary alicyclic amines) is 1. The van der Waals surface area contributed by atoms with Gasteiger partial charge in [0, 0.05) is 56.4 Å². The van der Waals surface area contributed by atoms with Crippen molar-refractivity contribution in [2.24, 2.45) is 5.92 Å². The van der Waals surface area contributed by atoms with Gasteiger partial charge in [-0.1, -0.05) is 36.0 Å². The van der Waals surface area contributed by atoms with Crippen LogP contribution in [0.2, 0.25) is 0 Å². The van der Waals surface area contributed by atoms with E-state index in [0.29, 0.717) is 44.7 Å². The zero-order chi connectivity index (χ0) is 27.2. The minimum absolute atomic E-state index is 0.0201. The van der Waals surface area contributed by atoms with Gasteiger partial charge < -0.3 is 9.64 Å². The first-order chi connectivity index (χ1) is 18.3. The van der Waals surface area contributed by atoms with Crippen LogP contribution in [0.5, 0.6) is 0 Å². The minimum Gasteiger partial charge on any atom is -0.465 e. The molecule has 3 fully saturated rings. The van der Waals surface area contributed by atoms with Gasteiger partial charge in [0.05, 0.1) is 19.2 Å². The Kier molecular flexibility index (Phi) is 9.73. The van der Waals surface area contributed by atoms with E-state index in [-0.39, 0.29) is 53.5 Å². The molecule has 0 N–H and O–H groups in total. The van der Waals surface area contributed by atoms with Crippen LogP contribution in [0.15, 0.2) is 35.9 Å². The number of carbonyl (C=O) groups excluding carboxylic acids is 4. The standard InChI is InChI=1S/C28H36FN3O5S/c1-3-37-26(35)18-31-15-14-30(17-25(31)34)12-10-21-16-32(13-11-24(21)38-19(2)33)27(28(36)20-8-9-20)22-6-4-5-7-23(22)29/h4-7,10,20,24,27H,3,8-9,11-18H2,1-2H3. The van der Waals surface area contributed by atoms with E-state index < -0.39 is 12.0 Å². The number of thioether (sulfide) groups is 1. The molecule has 8 nitrogen and oxygen atoms in total. The van der Waals surface area contributed by atoms with Crippen molar-refractivity contribution in [2.45, 2.75) is 44.4 Å². The Hall–Kier alpha value is -2.56. The molecule has 0 spiro atoms. The van der Waals surface area contributed by atoms with Crippen molar-refractivity contribution in [2.75, 3.05) is 52.4 Å². The number of rotatable bonds is 10. The smallest absolute Gasteiger partial charge is 0.325 e. The molecule has 2 unspecified atom stereocenters. The first kappa shape index (κ1) is 28.4. The Morgan fingerprint density at radius 1 is 1.13 bits per heavy atom. The van der Waals surface area contributed by atoms with Gasteiger partial charge in [0.2, 0.25) is 5.91 Å². The fourth-order valence-electron chi connectivity index (χ4n) is 5.14. The van der Waals surface area contributed by atoms with E-state index in [2.05, 4.69) is 6.08 Å². The number of nitrogens with zero attached hydrogens (tertiary/aromatic N) is 3. The van der Waals surface area contributed by atoms with Crippen molar-refractivity contribution in [3.8, 4) is 0 Å². The van der Waals surface area contributed by atoms with Crippen LogP contribution in [0.3, 0.4) is 0 Å². The van der Waals surface area contributed by atoms with E-state index >= 15 is 0 Å². The highest BCUT2D eigenvalue weighted by Gasteiger charge is 2.41. The third kappa shape index (κ3) is 7.30. The summed E-state index contributed by atoms with van der Waals surface area (Å²) in [6, 6.07) is 5.84. The highest BCUT2D eigenvalue weighted by atomic mass is 32.2. The van der Waals surface area contributed by atoms with E-state index in [4.69, 9.17) is 4.74 Å². The number of ketones is 1. The molecular weight excluding hydrogens is 509 g/mol. The molecule has 4 rings (SSSR count). The topological polar surface area (TPSA) is 87.2 Å². The molecular formula is C28H36FN3O5S. The second-order valence-corrected chi connectivity index (χ2v) is 11.5. The summed E-state index contributed by atoms with van der Waals surface area (Å²) in [4.78, 5) is 55.3. The fourth-order valence-corrected chi connectivity index (χ4v) is 6.09. The summed E-state index contributed by atoms with van der Waals surface area (Å²) in [5.41, 5.74) is 1.42. The maximum atomic E-state index is 14.9. The Labute approximate surface area is 227 Å². The average Bonchev–Trinajstić information content (AvgIpc) is 3.72. The van der Waals surface area contributed by atoms with Crippen LogP contribution in [0, 0.1) is 11.7 Å². The Balaban J connectivity index is 1.47. The molecule has 0 bridgehead atoms. The molecule has 2 saturated heterocycles. The summed E-state index contributed by atoms with van der Waals surface area (Å²) in [7, 11) is 0. The van der Waals surface area contributed by atoms with E-state index in [0.717, 1.165) is 18.4 Å². The molecule has 1 aromatic carbocycles. The molecule has 2 heterocycles. The molecule has 1 amide bonds. The molecule has 0 radical (unpaired) electrons. The maximum Gasteiger partial charge on any atom is 0.325 e. The van der Waals surface area contributed by atoms with Crippen LogP contribution < -0.4 is 0 Å². The largest absolute Gasteiger partial charge is 0.465 e. The maximum absolute atomic E-state index is 14.9. The molecule has 10 heteroatoms. The number of Topliss-reactive ketones (excluding diaryl/α,β-unsaturated/α-hetero) is 1. The van der Waals surface area contributed by atoms with Gasteiger partial charge in [-0.15, -0.1) is 0 Å². The lowest BCUT2D eigenvalue weighted by Crippen LogP contribution is -2.52. The minimum atomic E-state index is -0.650. The van der Waals surface area contributed by atoms with Crippen molar-refractivity contribution in [1.82, 2.24) is 14.7 Å². The predicted octanol–water partition coefficient (Wildman–Crippen LogP) is 2.83. The van der Waals surface area contributed by atoms with Crippen LogP contribution >= 0.6 is 11.8 Å². The number of amides is 1. The lowest BCUT2D eigenvalue weighted by molar-refractivity contribution is -0.150. The van der Waals surface area contributed by atoms with Gasteiger partial charge in [-0.3, -0.25) is 29.0 Å². The monoisotopic (exact) mass is 545 g/mol. The second-order valence-electron chi connectivity index (χ2n) is 10.1. The molecule has 1 saturated carbocycles. The van der Waals surface area contributed by atoms with Crippen LogP contribution in [-0.4, -0.2) is 95.1 Å². The molecule has 2 aliphatic heterocycles. The van der Waals surface area contributed by atoms with Gasteiger partial charge in [0.1, 0.15) is 12.4 Å². The Morgan fingerprint density at radius 3 is 2.55 bits per heavy atom. The van der Waals surface area contributed by atoms with Crippen LogP contribution in [0.4, 0.5) is 4.39 Å². The zero-order valence-electron chi connectivity index (χ0n) is 22.1. The Bertz CT molecular complexity index is 1090. The molecule has 1 aliphatic carbocycles. The highest BCUT2D eigenvalue weighted by molar-refractivity contribution is 8.14. The lowest BCUT2D eigenvalue weighted by Gasteiger charge is -2.39. The van der Waals surface area contributed by atoms with Crippen molar-refractivity contribution in [1.29, 1.82) is 0 Å². The Morgan fingerprint density at radius 2 is 1.89 bits per heavy atom. The van der Waals surface area contributed by atoms with Crippen LogP contribution in [0.25, 0.3) is 0 Å². The number of benzene rings is 1. The van der Waals surface area contributed by atoms with Gasteiger partial charge >= 0.3 is 5.97 Å². The third-order valence-corrected chi connectivity index (χ3v) is 8.39. The number of halogens is 1. The highest BCUT2D eigenvalue weighted by Crippen LogP contribution is 2.40. The molecule has 0 aromatic heterocycles. The normalized spacial score (nSPS) is 22.9. The number of piperidine rings is 1. The summed E-state index contributed by atoms with van der Waals surface area (Å²) >= 11 is 1.28. The van der Waals surface area contributed by atoms with Gasteiger partial charge in [-0.05, 0) is 37.8 Å². The number of piperazine rings is 1. The van der Waals surface area contributed by atoms with Gasteiger partial charge in [0.15, 0.2) is 10.9 Å². The quantitative estimate of drug-likeness (QED) is 0.328. The van der Waals surface area contributed by atoms with Crippen molar-refractivity contribution >= 4 is 34.5 Å². The third-order valence-electron chi connectivity index (χ3n) is 7.23. The second kappa shape index (κ2) is 13.0. The number of ether oxygens (including phenoxy) is 1. The number of carbonyl (C=O) groups is 4. The summed E-state index contributed by atoms with van der Waals surface area (Å²) in [5.74, 6) is -0.870. The van der Waals surface area contributed by atoms with E-state index in [9.17, 15) is 23.6 Å². The first-order valence-corrected chi connectivity index (χ1v) is 14.2. The van der Waals surface area contributed by atoms with Crippen molar-refractivity contribution in [3.63, 3.8) is 0 Å². The molecule has 2 atom stereocenters. The van der Waals surface area contributed by atoms with Crippen LogP contribution in [-0.2, 0) is 23.9 Å². The number of esters is 1. The molecule has 1 aromatic rings. The summed E-state index contributed by atoms with van der Waals surface area (Å²) < 4.78 is 19.8. The van der Waals surface area contributed by atoms with Gasteiger partial charge in [-0.2, -0.15) is 0 Å². The first-order valence-electron chi connectivity index (χ1n) is 13.3. The summed E-state index contributed by atoms with van der Waals surface area (Å²) in [6.07, 6.45) is 4.42. The van der Waals surface area contributed by atoms with E-state index in [1.54, 1.807) is 32.0 Å². The molecule has 38 heavy (non-hydrogen) atoms. The molecule has 3 aliphatic rings. The van der Waals surface area contributed by atoms with E-state index in [1.807, 2.05) is 9.80 Å². The van der Waals surface area contributed by atoms with Crippen LogP contribution in [0.1, 0.15) is 44.7 Å². The van der Waals surface area contributed by atoms with Crippen molar-refractivity contribution in [3.05, 3.63) is 47.3 Å². The number of hydrogen-bond acceptors (Lipinski definition) is 8. The molecule has 206 valence electrons. The van der Waals surface area contributed by atoms with Crippen molar-refractivity contribution < 1.29 is 28.3 Å². The number of hydrogen-bond donors (Lipinski definition) is 0. The van der Waals surface area contributed by atoms with E-state index in [1.165, 1.54) is 22.7 Å². The summed E-state index contributed by atoms with van der Waals surface area (Å²) in [6.45, 7) is 6.31. The van der Waals surface area contributed by atoms with Gasteiger partial charge in [0.25, 0.3) is 0 Å².